The topological polar surface area (TPSA) is 64.7 Å². The molecule has 2 aliphatic rings. The summed E-state index contributed by atoms with van der Waals surface area (Å²) >= 11 is 0. The van der Waals surface area contributed by atoms with Gasteiger partial charge in [-0.1, -0.05) is 30.3 Å². The van der Waals surface area contributed by atoms with Gasteiger partial charge in [0.05, 0.1) is 0 Å². The van der Waals surface area contributed by atoms with Gasteiger partial charge in [-0.3, -0.25) is 4.79 Å². The molecule has 0 spiro atoms. The molecule has 0 atom stereocenters. The molecule has 6 heteroatoms. The van der Waals surface area contributed by atoms with Gasteiger partial charge in [0.25, 0.3) is 0 Å². The second-order valence-corrected chi connectivity index (χ2v) is 7.42. The Kier molecular flexibility index (Phi) is 6.50. The Labute approximate surface area is 155 Å². The van der Waals surface area contributed by atoms with Gasteiger partial charge in [-0.05, 0) is 44.3 Å². The first-order valence-corrected chi connectivity index (χ1v) is 9.68. The molecular formula is C20H30N4O2. The number of rotatable bonds is 4. The fraction of sp³-hybridized carbons (Fsp3) is 0.600. The fourth-order valence-electron chi connectivity index (χ4n) is 3.78. The summed E-state index contributed by atoms with van der Waals surface area (Å²) < 4.78 is 0. The molecule has 0 bridgehead atoms. The number of nitrogens with zero attached hydrogens (tertiary/aromatic N) is 2. The Balaban J connectivity index is 1.43. The van der Waals surface area contributed by atoms with E-state index in [4.69, 9.17) is 0 Å². The van der Waals surface area contributed by atoms with E-state index in [1.165, 1.54) is 0 Å². The minimum Gasteiger partial charge on any atom is -0.353 e. The van der Waals surface area contributed by atoms with E-state index in [9.17, 15) is 9.59 Å². The predicted molar refractivity (Wildman–Crippen MR) is 102 cm³/mol. The lowest BCUT2D eigenvalue weighted by Crippen LogP contribution is -2.49. The molecule has 26 heavy (non-hydrogen) atoms. The highest BCUT2D eigenvalue weighted by molar-refractivity contribution is 5.80. The average molecular weight is 358 g/mol. The maximum Gasteiger partial charge on any atom is 0.320 e. The van der Waals surface area contributed by atoms with Crippen LogP contribution < -0.4 is 10.6 Å². The van der Waals surface area contributed by atoms with E-state index in [0.29, 0.717) is 25.7 Å². The van der Waals surface area contributed by atoms with Crippen molar-refractivity contribution in [3.63, 3.8) is 0 Å². The normalized spacial score (nSPS) is 19.2. The summed E-state index contributed by atoms with van der Waals surface area (Å²) in [7, 11) is 1.84. The Morgan fingerprint density at radius 2 is 1.77 bits per heavy atom. The minimum atomic E-state index is 0.0355. The molecule has 1 aromatic rings. The number of carbonyl (C=O) groups is 2. The molecule has 1 aromatic carbocycles. The lowest BCUT2D eigenvalue weighted by atomic mass is 9.95. The average Bonchev–Trinajstić information content (AvgIpc) is 2.69. The Morgan fingerprint density at radius 1 is 1.12 bits per heavy atom. The summed E-state index contributed by atoms with van der Waals surface area (Å²) in [5.74, 6) is 0.204. The van der Waals surface area contributed by atoms with Crippen LogP contribution in [0.2, 0.25) is 0 Å². The number of benzene rings is 1. The van der Waals surface area contributed by atoms with Crippen LogP contribution >= 0.6 is 0 Å². The monoisotopic (exact) mass is 358 g/mol. The molecule has 3 amide bonds. The molecular weight excluding hydrogens is 328 g/mol. The maximum atomic E-state index is 12.6. The van der Waals surface area contributed by atoms with Crippen molar-refractivity contribution in [1.82, 2.24) is 20.4 Å². The summed E-state index contributed by atoms with van der Waals surface area (Å²) in [4.78, 5) is 28.7. The molecule has 142 valence electrons. The van der Waals surface area contributed by atoms with E-state index in [1.54, 1.807) is 4.90 Å². The van der Waals surface area contributed by atoms with Crippen molar-refractivity contribution in [3.05, 3.63) is 35.9 Å². The third-order valence-corrected chi connectivity index (χ3v) is 5.41. The van der Waals surface area contributed by atoms with Crippen LogP contribution in [0.3, 0.4) is 0 Å². The quantitative estimate of drug-likeness (QED) is 0.863. The first-order chi connectivity index (χ1) is 12.6. The third-order valence-electron chi connectivity index (χ3n) is 5.41. The van der Waals surface area contributed by atoms with E-state index in [0.717, 1.165) is 44.3 Å². The van der Waals surface area contributed by atoms with Crippen LogP contribution in [0.4, 0.5) is 4.79 Å². The number of carbonyl (C=O) groups excluding carboxylic acids is 2. The highest BCUT2D eigenvalue weighted by Gasteiger charge is 2.29. The zero-order valence-electron chi connectivity index (χ0n) is 15.6. The highest BCUT2D eigenvalue weighted by atomic mass is 16.2. The van der Waals surface area contributed by atoms with E-state index in [2.05, 4.69) is 10.6 Å². The number of amides is 3. The Hall–Kier alpha value is -2.08. The van der Waals surface area contributed by atoms with Gasteiger partial charge in [-0.25, -0.2) is 4.79 Å². The van der Waals surface area contributed by atoms with Gasteiger partial charge in [-0.2, -0.15) is 0 Å². The lowest BCUT2D eigenvalue weighted by Gasteiger charge is -2.35. The molecule has 6 nitrogen and oxygen atoms in total. The molecule has 2 heterocycles. The van der Waals surface area contributed by atoms with Crippen molar-refractivity contribution in [3.8, 4) is 0 Å². The lowest BCUT2D eigenvalue weighted by molar-refractivity contribution is -0.127. The van der Waals surface area contributed by atoms with Gasteiger partial charge >= 0.3 is 6.03 Å². The third kappa shape index (κ3) is 4.97. The largest absolute Gasteiger partial charge is 0.353 e. The molecule has 2 N–H and O–H groups in total. The fourth-order valence-corrected chi connectivity index (χ4v) is 3.78. The van der Waals surface area contributed by atoms with E-state index < -0.39 is 0 Å². The molecule has 2 saturated heterocycles. The SMILES string of the molecule is CN(Cc1ccccc1)C(=O)N1CCC(C(=O)NC2CCNCC2)CC1. The van der Waals surface area contributed by atoms with Crippen LogP contribution in [0.1, 0.15) is 31.2 Å². The maximum absolute atomic E-state index is 12.6. The molecule has 0 radical (unpaired) electrons. The van der Waals surface area contributed by atoms with E-state index in [1.807, 2.05) is 42.3 Å². The van der Waals surface area contributed by atoms with Crippen LogP contribution in [-0.2, 0) is 11.3 Å². The van der Waals surface area contributed by atoms with Gasteiger partial charge in [0.1, 0.15) is 0 Å². The zero-order valence-corrected chi connectivity index (χ0v) is 15.6. The van der Waals surface area contributed by atoms with Gasteiger partial charge in [0.15, 0.2) is 0 Å². The number of urea groups is 1. The van der Waals surface area contributed by atoms with Crippen LogP contribution in [0.5, 0.6) is 0 Å². The number of likely N-dealkylation sites (tertiary alicyclic amines) is 1. The molecule has 0 aromatic heterocycles. The molecule has 0 saturated carbocycles. The first-order valence-electron chi connectivity index (χ1n) is 9.68. The van der Waals surface area contributed by atoms with Crippen LogP contribution in [0.15, 0.2) is 30.3 Å². The summed E-state index contributed by atoms with van der Waals surface area (Å²) in [5.41, 5.74) is 1.12. The van der Waals surface area contributed by atoms with Crippen LogP contribution in [-0.4, -0.2) is 61.0 Å². The predicted octanol–water partition coefficient (Wildman–Crippen LogP) is 1.82. The summed E-state index contributed by atoms with van der Waals surface area (Å²) in [6.45, 7) is 3.87. The van der Waals surface area contributed by atoms with Crippen molar-refractivity contribution >= 4 is 11.9 Å². The molecule has 2 aliphatic heterocycles. The molecule has 3 rings (SSSR count). The van der Waals surface area contributed by atoms with Crippen LogP contribution in [0.25, 0.3) is 0 Å². The van der Waals surface area contributed by atoms with Gasteiger partial charge < -0.3 is 20.4 Å². The molecule has 2 fully saturated rings. The Morgan fingerprint density at radius 3 is 2.42 bits per heavy atom. The van der Waals surface area contributed by atoms with Gasteiger partial charge in [-0.15, -0.1) is 0 Å². The summed E-state index contributed by atoms with van der Waals surface area (Å²) in [6, 6.07) is 10.4. The molecule has 0 unspecified atom stereocenters. The van der Waals surface area contributed by atoms with Crippen molar-refractivity contribution in [1.29, 1.82) is 0 Å². The summed E-state index contributed by atoms with van der Waals surface area (Å²) in [6.07, 6.45) is 3.52. The van der Waals surface area contributed by atoms with Crippen molar-refractivity contribution in [2.24, 2.45) is 5.92 Å². The number of hydrogen-bond acceptors (Lipinski definition) is 3. The zero-order chi connectivity index (χ0) is 18.4. The highest BCUT2D eigenvalue weighted by Crippen LogP contribution is 2.19. The smallest absolute Gasteiger partial charge is 0.320 e. The van der Waals surface area contributed by atoms with Gasteiger partial charge in [0.2, 0.25) is 5.91 Å². The first kappa shape index (κ1) is 18.7. The van der Waals surface area contributed by atoms with E-state index >= 15 is 0 Å². The number of hydrogen-bond donors (Lipinski definition) is 2. The van der Waals surface area contributed by atoms with Crippen LogP contribution in [0, 0.1) is 5.92 Å². The van der Waals surface area contributed by atoms with Gasteiger partial charge in [0, 0.05) is 38.6 Å². The van der Waals surface area contributed by atoms with Crippen molar-refractivity contribution in [2.45, 2.75) is 38.3 Å². The second kappa shape index (κ2) is 9.03. The molecule has 0 aliphatic carbocycles. The Bertz CT molecular complexity index is 593. The second-order valence-electron chi connectivity index (χ2n) is 7.42. The minimum absolute atomic E-state index is 0.0355. The number of nitrogens with one attached hydrogen (secondary N) is 2. The van der Waals surface area contributed by atoms with E-state index in [-0.39, 0.29) is 17.9 Å². The van der Waals surface area contributed by atoms with Crippen molar-refractivity contribution < 1.29 is 9.59 Å². The van der Waals surface area contributed by atoms with Crippen molar-refractivity contribution in [2.75, 3.05) is 33.2 Å². The summed E-state index contributed by atoms with van der Waals surface area (Å²) in [5, 5.41) is 6.51. The standard InChI is InChI=1S/C20H30N4O2/c1-23(15-16-5-3-2-4-6-16)20(26)24-13-9-17(10-14-24)19(25)22-18-7-11-21-12-8-18/h2-6,17-18,21H,7-15H2,1H3,(H,22,25). The number of piperidine rings is 2.